The standard InChI is InChI=1S/C20H25N3O2/c1-4-21-20(25)22-19(24)18(16-11-6-5-7-12-16)23(3)14-17-13-9-8-10-15(17)2/h5-13,18H,4,14H2,1-3H3,(H2,21,22,24,25)/t18-/m1/s1. The number of likely N-dealkylation sites (N-methyl/N-ethyl adjacent to an activating group) is 1. The molecule has 5 nitrogen and oxygen atoms in total. The molecule has 25 heavy (non-hydrogen) atoms. The first-order valence-electron chi connectivity index (χ1n) is 8.41. The molecule has 132 valence electrons. The fourth-order valence-corrected chi connectivity index (χ4v) is 2.77. The van der Waals surface area contributed by atoms with Crippen LogP contribution in [-0.2, 0) is 11.3 Å². The average molecular weight is 339 g/mol. The van der Waals surface area contributed by atoms with Gasteiger partial charge in [0.1, 0.15) is 6.04 Å². The first-order chi connectivity index (χ1) is 12.0. The topological polar surface area (TPSA) is 61.4 Å². The number of benzene rings is 2. The number of amides is 3. The molecule has 0 unspecified atom stereocenters. The molecule has 5 heteroatoms. The summed E-state index contributed by atoms with van der Waals surface area (Å²) < 4.78 is 0. The summed E-state index contributed by atoms with van der Waals surface area (Å²) >= 11 is 0. The Morgan fingerprint density at radius 3 is 2.32 bits per heavy atom. The van der Waals surface area contributed by atoms with E-state index < -0.39 is 12.1 Å². The van der Waals surface area contributed by atoms with Gasteiger partial charge in [-0.3, -0.25) is 15.0 Å². The quantitative estimate of drug-likeness (QED) is 0.850. The largest absolute Gasteiger partial charge is 0.338 e. The molecule has 1 atom stereocenters. The molecule has 0 saturated heterocycles. The van der Waals surface area contributed by atoms with Crippen LogP contribution < -0.4 is 10.6 Å². The Hall–Kier alpha value is -2.66. The van der Waals surface area contributed by atoms with Crippen LogP contribution in [0.1, 0.15) is 29.7 Å². The van der Waals surface area contributed by atoms with Crippen molar-refractivity contribution in [1.82, 2.24) is 15.5 Å². The highest BCUT2D eigenvalue weighted by molar-refractivity contribution is 5.97. The second-order valence-corrected chi connectivity index (χ2v) is 6.00. The minimum Gasteiger partial charge on any atom is -0.338 e. The number of imide groups is 1. The summed E-state index contributed by atoms with van der Waals surface area (Å²) in [5.41, 5.74) is 3.17. The predicted octanol–water partition coefficient (Wildman–Crippen LogP) is 3.01. The number of carbonyl (C=O) groups excluding carboxylic acids is 2. The second-order valence-electron chi connectivity index (χ2n) is 6.00. The zero-order chi connectivity index (χ0) is 18.2. The maximum absolute atomic E-state index is 12.7. The van der Waals surface area contributed by atoms with Crippen LogP contribution in [0.15, 0.2) is 54.6 Å². The van der Waals surface area contributed by atoms with Crippen LogP contribution in [0.2, 0.25) is 0 Å². The van der Waals surface area contributed by atoms with Gasteiger partial charge in [0.2, 0.25) is 5.91 Å². The lowest BCUT2D eigenvalue weighted by Crippen LogP contribution is -2.45. The highest BCUT2D eigenvalue weighted by atomic mass is 16.2. The Morgan fingerprint density at radius 1 is 1.04 bits per heavy atom. The predicted molar refractivity (Wildman–Crippen MR) is 99.0 cm³/mol. The number of rotatable bonds is 6. The number of nitrogens with zero attached hydrogens (tertiary/aromatic N) is 1. The van der Waals surface area contributed by atoms with E-state index >= 15 is 0 Å². The average Bonchev–Trinajstić information content (AvgIpc) is 2.58. The highest BCUT2D eigenvalue weighted by Crippen LogP contribution is 2.22. The van der Waals surface area contributed by atoms with Crippen LogP contribution in [0.3, 0.4) is 0 Å². The van der Waals surface area contributed by atoms with Crippen molar-refractivity contribution in [1.29, 1.82) is 0 Å². The van der Waals surface area contributed by atoms with Crippen LogP contribution in [-0.4, -0.2) is 30.4 Å². The molecule has 3 amide bonds. The fourth-order valence-electron chi connectivity index (χ4n) is 2.77. The third-order valence-electron chi connectivity index (χ3n) is 4.06. The van der Waals surface area contributed by atoms with Crippen molar-refractivity contribution in [3.63, 3.8) is 0 Å². The lowest BCUT2D eigenvalue weighted by atomic mass is 10.0. The number of hydrogen-bond acceptors (Lipinski definition) is 3. The molecule has 0 aliphatic heterocycles. The van der Waals surface area contributed by atoms with Gasteiger partial charge in [0.05, 0.1) is 0 Å². The van der Waals surface area contributed by atoms with Gasteiger partial charge >= 0.3 is 6.03 Å². The van der Waals surface area contributed by atoms with E-state index in [9.17, 15) is 9.59 Å². The van der Waals surface area contributed by atoms with Crippen molar-refractivity contribution in [2.24, 2.45) is 0 Å². The SMILES string of the molecule is CCNC(=O)NC(=O)[C@@H](c1ccccc1)N(C)Cc1ccccc1C. The third kappa shape index (κ3) is 5.16. The molecule has 2 N–H and O–H groups in total. The minimum atomic E-state index is -0.552. The summed E-state index contributed by atoms with van der Waals surface area (Å²) in [6, 6.07) is 16.5. The van der Waals surface area contributed by atoms with Crippen molar-refractivity contribution >= 4 is 11.9 Å². The Bertz CT molecular complexity index is 716. The van der Waals surface area contributed by atoms with Gasteiger partial charge in [0.15, 0.2) is 0 Å². The van der Waals surface area contributed by atoms with Crippen molar-refractivity contribution in [3.05, 3.63) is 71.3 Å². The van der Waals surface area contributed by atoms with E-state index in [0.717, 1.165) is 11.1 Å². The zero-order valence-corrected chi connectivity index (χ0v) is 15.0. The van der Waals surface area contributed by atoms with Crippen LogP contribution in [0.5, 0.6) is 0 Å². The van der Waals surface area contributed by atoms with E-state index in [2.05, 4.69) is 29.7 Å². The zero-order valence-electron chi connectivity index (χ0n) is 15.0. The van der Waals surface area contributed by atoms with E-state index in [1.54, 1.807) is 0 Å². The smallest absolute Gasteiger partial charge is 0.321 e. The van der Waals surface area contributed by atoms with Gasteiger partial charge < -0.3 is 5.32 Å². The van der Waals surface area contributed by atoms with E-state index in [1.165, 1.54) is 5.56 Å². The molecule has 0 radical (unpaired) electrons. The van der Waals surface area contributed by atoms with Gasteiger partial charge in [0, 0.05) is 13.1 Å². The van der Waals surface area contributed by atoms with Crippen LogP contribution in [0, 0.1) is 6.92 Å². The summed E-state index contributed by atoms with van der Waals surface area (Å²) in [7, 11) is 1.89. The normalized spacial score (nSPS) is 11.8. The summed E-state index contributed by atoms with van der Waals surface area (Å²) in [6.45, 7) is 4.93. The van der Waals surface area contributed by atoms with E-state index in [4.69, 9.17) is 0 Å². The summed E-state index contributed by atoms with van der Waals surface area (Å²) in [5, 5.41) is 5.02. The summed E-state index contributed by atoms with van der Waals surface area (Å²) in [6.07, 6.45) is 0. The first kappa shape index (κ1) is 18.7. The second kappa shape index (κ2) is 8.99. The van der Waals surface area contributed by atoms with Gasteiger partial charge in [-0.05, 0) is 37.6 Å². The van der Waals surface area contributed by atoms with E-state index in [1.807, 2.05) is 61.3 Å². The Balaban J connectivity index is 2.23. The molecule has 0 fully saturated rings. The van der Waals surface area contributed by atoms with Gasteiger partial charge in [0.25, 0.3) is 0 Å². The van der Waals surface area contributed by atoms with Crippen molar-refractivity contribution < 1.29 is 9.59 Å². The van der Waals surface area contributed by atoms with E-state index in [0.29, 0.717) is 13.1 Å². The van der Waals surface area contributed by atoms with Crippen LogP contribution in [0.25, 0.3) is 0 Å². The maximum atomic E-state index is 12.7. The fraction of sp³-hybridized carbons (Fsp3) is 0.300. The van der Waals surface area contributed by atoms with Crippen molar-refractivity contribution in [3.8, 4) is 0 Å². The number of aryl methyl sites for hydroxylation is 1. The molecule has 0 aliphatic rings. The van der Waals surface area contributed by atoms with E-state index in [-0.39, 0.29) is 5.91 Å². The minimum absolute atomic E-state index is 0.340. The molecule has 2 aromatic carbocycles. The summed E-state index contributed by atoms with van der Waals surface area (Å²) in [4.78, 5) is 26.4. The van der Waals surface area contributed by atoms with Crippen molar-refractivity contribution in [2.45, 2.75) is 26.4 Å². The first-order valence-corrected chi connectivity index (χ1v) is 8.41. The molecule has 0 spiro atoms. The van der Waals surface area contributed by atoms with Gasteiger partial charge in [-0.2, -0.15) is 0 Å². The molecular weight excluding hydrogens is 314 g/mol. The molecule has 0 aromatic heterocycles. The Morgan fingerprint density at radius 2 is 1.68 bits per heavy atom. The monoisotopic (exact) mass is 339 g/mol. The molecule has 2 rings (SSSR count). The van der Waals surface area contributed by atoms with Gasteiger partial charge in [-0.15, -0.1) is 0 Å². The maximum Gasteiger partial charge on any atom is 0.321 e. The number of urea groups is 1. The molecular formula is C20H25N3O2. The lowest BCUT2D eigenvalue weighted by molar-refractivity contribution is -0.125. The van der Waals surface area contributed by atoms with Gasteiger partial charge in [-0.1, -0.05) is 54.6 Å². The Labute approximate surface area is 149 Å². The van der Waals surface area contributed by atoms with Crippen LogP contribution in [0.4, 0.5) is 4.79 Å². The van der Waals surface area contributed by atoms with Crippen molar-refractivity contribution in [2.75, 3.05) is 13.6 Å². The third-order valence-corrected chi connectivity index (χ3v) is 4.06. The summed E-state index contributed by atoms with van der Waals surface area (Å²) in [5.74, 6) is -0.340. The molecule has 0 saturated carbocycles. The molecule has 0 heterocycles. The van der Waals surface area contributed by atoms with Gasteiger partial charge in [-0.25, -0.2) is 4.79 Å². The Kier molecular flexibility index (Phi) is 6.71. The number of hydrogen-bond donors (Lipinski definition) is 2. The molecule has 2 aromatic rings. The lowest BCUT2D eigenvalue weighted by Gasteiger charge is -2.28. The highest BCUT2D eigenvalue weighted by Gasteiger charge is 2.26. The van der Waals surface area contributed by atoms with Crippen LogP contribution >= 0.6 is 0 Å². The number of carbonyl (C=O) groups is 2. The molecule has 0 aliphatic carbocycles. The molecule has 0 bridgehead atoms. The number of nitrogens with one attached hydrogen (secondary N) is 2.